The van der Waals surface area contributed by atoms with E-state index in [4.69, 9.17) is 0 Å². The number of likely N-dealkylation sites (N-methyl/N-ethyl adjacent to an activating group) is 1. The smallest absolute Gasteiger partial charge is 0.226 e. The summed E-state index contributed by atoms with van der Waals surface area (Å²) < 4.78 is 0. The highest BCUT2D eigenvalue weighted by Crippen LogP contribution is 2.36. The second-order valence-electron chi connectivity index (χ2n) is 8.96. The van der Waals surface area contributed by atoms with Crippen molar-refractivity contribution in [1.29, 1.82) is 0 Å². The van der Waals surface area contributed by atoms with Gasteiger partial charge in [-0.2, -0.15) is 0 Å². The van der Waals surface area contributed by atoms with Crippen LogP contribution in [0.1, 0.15) is 53.4 Å². The minimum atomic E-state index is -0.370. The number of rotatable bonds is 5. The molecule has 1 saturated carbocycles. The summed E-state index contributed by atoms with van der Waals surface area (Å²) >= 11 is 0. The second kappa shape index (κ2) is 8.63. The van der Waals surface area contributed by atoms with Gasteiger partial charge in [0.15, 0.2) is 0 Å². The van der Waals surface area contributed by atoms with Crippen molar-refractivity contribution in [2.24, 2.45) is 17.3 Å². The van der Waals surface area contributed by atoms with Gasteiger partial charge in [0.05, 0.1) is 0 Å². The fourth-order valence-corrected chi connectivity index (χ4v) is 4.17. The van der Waals surface area contributed by atoms with Crippen LogP contribution in [-0.2, 0) is 9.59 Å². The number of nitrogens with zero attached hydrogens (tertiary/aromatic N) is 2. The number of piperazine rings is 1. The third-order valence-corrected chi connectivity index (χ3v) is 5.90. The molecule has 1 amide bonds. The Morgan fingerprint density at radius 2 is 1.68 bits per heavy atom. The summed E-state index contributed by atoms with van der Waals surface area (Å²) in [4.78, 5) is 30.3. The van der Waals surface area contributed by atoms with Crippen molar-refractivity contribution in [3.8, 4) is 0 Å². The van der Waals surface area contributed by atoms with Gasteiger partial charge in [-0.25, -0.2) is 0 Å². The first-order chi connectivity index (χ1) is 11.7. The SMILES string of the molecule is CC(CN1CCNCC1)N(C)C(=O)[C@H]1CCCC[C@H]1C(=O)C(C)(C)C. The summed E-state index contributed by atoms with van der Waals surface area (Å²) in [5, 5.41) is 3.36. The zero-order valence-corrected chi connectivity index (χ0v) is 16.8. The van der Waals surface area contributed by atoms with Crippen molar-refractivity contribution in [2.45, 2.75) is 59.4 Å². The Hall–Kier alpha value is -0.940. The van der Waals surface area contributed by atoms with E-state index in [0.717, 1.165) is 58.4 Å². The lowest BCUT2D eigenvalue weighted by molar-refractivity contribution is -0.146. The summed E-state index contributed by atoms with van der Waals surface area (Å²) in [6.07, 6.45) is 3.85. The van der Waals surface area contributed by atoms with Crippen LogP contribution in [0.2, 0.25) is 0 Å². The normalized spacial score (nSPS) is 26.9. The maximum Gasteiger partial charge on any atom is 0.226 e. The van der Waals surface area contributed by atoms with Crippen LogP contribution in [0.5, 0.6) is 0 Å². The number of Topliss-reactive ketones (excluding diaryl/α,β-unsaturated/α-hetero) is 1. The van der Waals surface area contributed by atoms with Crippen molar-refractivity contribution >= 4 is 11.7 Å². The summed E-state index contributed by atoms with van der Waals surface area (Å²) in [5.41, 5.74) is -0.370. The van der Waals surface area contributed by atoms with Gasteiger partial charge in [0.25, 0.3) is 0 Å². The Bertz CT molecular complexity index is 466. The minimum Gasteiger partial charge on any atom is -0.342 e. The summed E-state index contributed by atoms with van der Waals surface area (Å²) in [7, 11) is 1.92. The number of hydrogen-bond acceptors (Lipinski definition) is 4. The third kappa shape index (κ3) is 5.27. The molecule has 2 aliphatic rings. The molecule has 1 heterocycles. The lowest BCUT2D eigenvalue weighted by Gasteiger charge is -2.38. The van der Waals surface area contributed by atoms with Crippen molar-refractivity contribution < 1.29 is 9.59 Å². The van der Waals surface area contributed by atoms with Crippen LogP contribution in [0.3, 0.4) is 0 Å². The van der Waals surface area contributed by atoms with E-state index in [1.165, 1.54) is 0 Å². The molecule has 5 nitrogen and oxygen atoms in total. The van der Waals surface area contributed by atoms with Crippen LogP contribution in [-0.4, -0.2) is 67.3 Å². The molecule has 0 radical (unpaired) electrons. The molecule has 1 aliphatic heterocycles. The Balaban J connectivity index is 2.01. The zero-order valence-electron chi connectivity index (χ0n) is 16.8. The maximum atomic E-state index is 13.2. The van der Waals surface area contributed by atoms with E-state index >= 15 is 0 Å². The predicted octanol–water partition coefficient (Wildman–Crippen LogP) is 2.16. The number of hydrogen-bond donors (Lipinski definition) is 1. The largest absolute Gasteiger partial charge is 0.342 e. The molecule has 0 bridgehead atoms. The maximum absolute atomic E-state index is 13.2. The average molecular weight is 352 g/mol. The van der Waals surface area contributed by atoms with Gasteiger partial charge in [-0.1, -0.05) is 33.6 Å². The molecular weight excluding hydrogens is 314 g/mol. The minimum absolute atomic E-state index is 0.102. The molecule has 1 saturated heterocycles. The van der Waals surface area contributed by atoms with E-state index in [9.17, 15) is 9.59 Å². The number of ketones is 1. The van der Waals surface area contributed by atoms with Gasteiger partial charge in [0, 0.05) is 63.1 Å². The summed E-state index contributed by atoms with van der Waals surface area (Å²) in [6, 6.07) is 0.179. The van der Waals surface area contributed by atoms with E-state index in [2.05, 4.69) is 17.1 Å². The van der Waals surface area contributed by atoms with Gasteiger partial charge >= 0.3 is 0 Å². The fraction of sp³-hybridized carbons (Fsp3) is 0.900. The van der Waals surface area contributed by atoms with Crippen LogP contribution < -0.4 is 5.32 Å². The van der Waals surface area contributed by atoms with Crippen LogP contribution >= 0.6 is 0 Å². The van der Waals surface area contributed by atoms with E-state index in [-0.39, 0.29) is 35.0 Å². The molecule has 1 aliphatic carbocycles. The quantitative estimate of drug-likeness (QED) is 0.825. The Morgan fingerprint density at radius 3 is 2.24 bits per heavy atom. The molecule has 1 unspecified atom stereocenters. The standard InChI is InChI=1S/C20H37N3O2/c1-15(14-23-12-10-21-11-13-23)22(5)19(25)17-9-7-6-8-16(17)18(24)20(2,3)4/h15-17,21H,6-14H2,1-5H3/t15?,16-,17+/m1/s1. The molecule has 2 fully saturated rings. The van der Waals surface area contributed by atoms with Gasteiger partial charge < -0.3 is 10.2 Å². The summed E-state index contributed by atoms with van der Waals surface area (Å²) in [5.74, 6) is 0.199. The lowest BCUT2D eigenvalue weighted by atomic mass is 9.70. The first-order valence-corrected chi connectivity index (χ1v) is 9.96. The highest BCUT2D eigenvalue weighted by atomic mass is 16.2. The van der Waals surface area contributed by atoms with Crippen LogP contribution in [0.15, 0.2) is 0 Å². The lowest BCUT2D eigenvalue weighted by Crippen LogP contribution is -2.52. The van der Waals surface area contributed by atoms with E-state index in [1.807, 2.05) is 32.7 Å². The van der Waals surface area contributed by atoms with Crippen LogP contribution in [0.25, 0.3) is 0 Å². The molecule has 2 rings (SSSR count). The molecule has 3 atom stereocenters. The second-order valence-corrected chi connectivity index (χ2v) is 8.96. The molecule has 0 aromatic carbocycles. The summed E-state index contributed by atoms with van der Waals surface area (Å²) in [6.45, 7) is 13.1. The van der Waals surface area contributed by atoms with Crippen molar-refractivity contribution in [3.05, 3.63) is 0 Å². The Kier molecular flexibility index (Phi) is 7.03. The van der Waals surface area contributed by atoms with Crippen molar-refractivity contribution in [2.75, 3.05) is 39.8 Å². The van der Waals surface area contributed by atoms with Gasteiger partial charge in [-0.15, -0.1) is 0 Å². The van der Waals surface area contributed by atoms with E-state index in [0.29, 0.717) is 0 Å². The Labute approximate surface area is 153 Å². The van der Waals surface area contributed by atoms with Crippen molar-refractivity contribution in [3.63, 3.8) is 0 Å². The van der Waals surface area contributed by atoms with Gasteiger partial charge in [0.1, 0.15) is 5.78 Å². The number of carbonyl (C=O) groups excluding carboxylic acids is 2. The molecule has 0 spiro atoms. The molecule has 25 heavy (non-hydrogen) atoms. The van der Waals surface area contributed by atoms with Gasteiger partial charge in [0.2, 0.25) is 5.91 Å². The highest BCUT2D eigenvalue weighted by Gasteiger charge is 2.41. The van der Waals surface area contributed by atoms with Gasteiger partial charge in [-0.3, -0.25) is 14.5 Å². The van der Waals surface area contributed by atoms with E-state index in [1.54, 1.807) is 0 Å². The van der Waals surface area contributed by atoms with Crippen LogP contribution in [0, 0.1) is 17.3 Å². The first kappa shape index (κ1) is 20.4. The van der Waals surface area contributed by atoms with Gasteiger partial charge in [-0.05, 0) is 19.8 Å². The van der Waals surface area contributed by atoms with E-state index < -0.39 is 0 Å². The molecule has 5 heteroatoms. The Morgan fingerprint density at radius 1 is 1.12 bits per heavy atom. The van der Waals surface area contributed by atoms with Crippen LogP contribution in [0.4, 0.5) is 0 Å². The first-order valence-electron chi connectivity index (χ1n) is 9.96. The molecule has 0 aromatic heterocycles. The monoisotopic (exact) mass is 351 g/mol. The fourth-order valence-electron chi connectivity index (χ4n) is 4.17. The number of nitrogens with one attached hydrogen (secondary N) is 1. The molecule has 0 aromatic rings. The average Bonchev–Trinajstić information content (AvgIpc) is 2.59. The molecule has 144 valence electrons. The molecule has 1 N–H and O–H groups in total. The highest BCUT2D eigenvalue weighted by molar-refractivity contribution is 5.91. The predicted molar refractivity (Wildman–Crippen MR) is 101 cm³/mol. The topological polar surface area (TPSA) is 52.6 Å². The number of amides is 1. The third-order valence-electron chi connectivity index (χ3n) is 5.90. The number of carbonyl (C=O) groups is 2. The molecular formula is C20H37N3O2. The zero-order chi connectivity index (χ0) is 18.6. The van der Waals surface area contributed by atoms with Crippen molar-refractivity contribution in [1.82, 2.24) is 15.1 Å².